The van der Waals surface area contributed by atoms with E-state index in [1.807, 2.05) is 6.07 Å². The van der Waals surface area contributed by atoms with Crippen LogP contribution in [0, 0.1) is 11.6 Å². The minimum atomic E-state index is -1.26. The van der Waals surface area contributed by atoms with Crippen molar-refractivity contribution in [1.29, 1.82) is 0 Å². The highest BCUT2D eigenvalue weighted by Gasteiger charge is 2.33. The molecule has 1 aromatic heterocycles. The fourth-order valence-electron chi connectivity index (χ4n) is 7.13. The zero-order valence-electron chi connectivity index (χ0n) is 29.7. The van der Waals surface area contributed by atoms with E-state index in [0.29, 0.717) is 28.7 Å². The lowest BCUT2D eigenvalue weighted by Gasteiger charge is -2.24. The maximum Gasteiger partial charge on any atom is 0.252 e. The molecule has 0 aliphatic carbocycles. The van der Waals surface area contributed by atoms with Crippen LogP contribution < -0.4 is 26.6 Å². The molecular weight excluding hydrogens is 735 g/mol. The lowest BCUT2D eigenvalue weighted by Crippen LogP contribution is -2.55. The van der Waals surface area contributed by atoms with Gasteiger partial charge in [0, 0.05) is 90.7 Å². The Balaban J connectivity index is 1.28. The molecule has 3 amide bonds. The smallest absolute Gasteiger partial charge is 0.252 e. The highest BCUT2D eigenvalue weighted by Crippen LogP contribution is 2.40. The summed E-state index contributed by atoms with van der Waals surface area (Å²) < 4.78 is 28.2. The highest BCUT2D eigenvalue weighted by molar-refractivity contribution is 6.36. The number of aromatic nitrogens is 1. The van der Waals surface area contributed by atoms with E-state index in [9.17, 15) is 23.2 Å². The largest absolute Gasteiger partial charge is 0.366 e. The molecule has 3 heterocycles. The number of hydrogen-bond acceptors (Lipinski definition) is 7. The third-order valence-electron chi connectivity index (χ3n) is 9.91. The van der Waals surface area contributed by atoms with Crippen LogP contribution in [0.2, 0.25) is 10.0 Å². The van der Waals surface area contributed by atoms with Crippen LogP contribution in [0.25, 0.3) is 0 Å². The molecule has 10 nitrogen and oxygen atoms in total. The number of benzene rings is 3. The van der Waals surface area contributed by atoms with Gasteiger partial charge in [-0.15, -0.1) is 0 Å². The van der Waals surface area contributed by atoms with E-state index in [0.717, 1.165) is 54.1 Å². The van der Waals surface area contributed by atoms with E-state index in [1.54, 1.807) is 54.9 Å². The van der Waals surface area contributed by atoms with Gasteiger partial charge in [0.25, 0.3) is 5.91 Å². The Morgan fingerprint density at radius 1 is 0.852 bits per heavy atom. The van der Waals surface area contributed by atoms with Crippen LogP contribution >= 0.6 is 23.2 Å². The molecule has 14 heteroatoms. The molecule has 54 heavy (non-hydrogen) atoms. The fraction of sp³-hybridized carbons (Fsp3) is 0.350. The Labute approximate surface area is 323 Å². The highest BCUT2D eigenvalue weighted by atomic mass is 35.5. The van der Waals surface area contributed by atoms with Gasteiger partial charge in [-0.3, -0.25) is 19.4 Å². The van der Waals surface area contributed by atoms with Crippen molar-refractivity contribution in [2.45, 2.75) is 50.2 Å². The molecule has 0 radical (unpaired) electrons. The van der Waals surface area contributed by atoms with Gasteiger partial charge in [0.05, 0.1) is 0 Å². The van der Waals surface area contributed by atoms with Gasteiger partial charge in [0.2, 0.25) is 11.8 Å². The van der Waals surface area contributed by atoms with E-state index in [1.165, 1.54) is 18.9 Å². The van der Waals surface area contributed by atoms with Gasteiger partial charge in [-0.2, -0.15) is 0 Å². The van der Waals surface area contributed by atoms with Crippen molar-refractivity contribution < 1.29 is 23.2 Å². The Hall–Kier alpha value is -4.62. The standard InChI is InChI=1S/C40H43Cl2F2N7O3/c41-31-4-3-5-32(42)30(31)24-51-23-28(22-50-16-1-2-17-50)29-8-7-27(21-37(29)51)38(52)48-36(20-26-6-9-33(43)34(44)18-26)40(54)49-35(39(53)47-15-12-45)19-25-10-13-46-14-11-25/h3-11,13-14,18,21,28,35-36H,1-2,12,15-17,19-20,22-24,45H2,(H,47,53)(H,48,52)(H,49,54)/t28?,35-,36-/m0/s1. The first-order chi connectivity index (χ1) is 26.1. The first-order valence-electron chi connectivity index (χ1n) is 18.1. The molecule has 2 aliphatic rings. The first-order valence-corrected chi connectivity index (χ1v) is 18.8. The van der Waals surface area contributed by atoms with E-state index in [-0.39, 0.29) is 37.4 Å². The number of carbonyl (C=O) groups excluding carboxylic acids is 3. The van der Waals surface area contributed by atoms with Crippen molar-refractivity contribution >= 4 is 46.6 Å². The molecule has 6 rings (SSSR count). The Bertz CT molecular complexity index is 1950. The molecular formula is C40H43Cl2F2N7O3. The molecule has 2 aliphatic heterocycles. The number of rotatable bonds is 15. The topological polar surface area (TPSA) is 133 Å². The number of likely N-dealkylation sites (tertiary alicyclic amines) is 1. The summed E-state index contributed by atoms with van der Waals surface area (Å²) in [6, 6.07) is 15.3. The summed E-state index contributed by atoms with van der Waals surface area (Å²) in [7, 11) is 0. The fourth-order valence-corrected chi connectivity index (χ4v) is 7.65. The molecule has 5 N–H and O–H groups in total. The second-order valence-electron chi connectivity index (χ2n) is 13.7. The van der Waals surface area contributed by atoms with Crippen LogP contribution in [0.1, 0.15) is 51.4 Å². The van der Waals surface area contributed by atoms with E-state index in [4.69, 9.17) is 28.9 Å². The lowest BCUT2D eigenvalue weighted by atomic mass is 9.98. The summed E-state index contributed by atoms with van der Waals surface area (Å²) in [6.07, 6.45) is 5.44. The van der Waals surface area contributed by atoms with Crippen LogP contribution in [0.15, 0.2) is 79.1 Å². The van der Waals surface area contributed by atoms with Crippen LogP contribution in [-0.2, 0) is 29.0 Å². The number of pyridine rings is 1. The average Bonchev–Trinajstić information content (AvgIpc) is 3.81. The summed E-state index contributed by atoms with van der Waals surface area (Å²) in [4.78, 5) is 49.9. The zero-order chi connectivity index (χ0) is 38.2. The zero-order valence-corrected chi connectivity index (χ0v) is 31.2. The van der Waals surface area contributed by atoms with Crippen LogP contribution in [0.3, 0.4) is 0 Å². The Morgan fingerprint density at radius 2 is 1.56 bits per heavy atom. The number of nitrogens with one attached hydrogen (secondary N) is 3. The summed E-state index contributed by atoms with van der Waals surface area (Å²) in [5.74, 6) is -3.65. The number of anilines is 1. The normalized spacial score (nSPS) is 16.5. The summed E-state index contributed by atoms with van der Waals surface area (Å²) in [5, 5.41) is 9.39. The van der Waals surface area contributed by atoms with Crippen molar-refractivity contribution in [3.63, 3.8) is 0 Å². The van der Waals surface area contributed by atoms with Gasteiger partial charge < -0.3 is 31.5 Å². The van der Waals surface area contributed by atoms with E-state index < -0.39 is 41.4 Å². The van der Waals surface area contributed by atoms with Crippen molar-refractivity contribution in [3.8, 4) is 0 Å². The predicted octanol–water partition coefficient (Wildman–Crippen LogP) is 5.01. The average molecular weight is 779 g/mol. The molecule has 3 atom stereocenters. The van der Waals surface area contributed by atoms with Crippen molar-refractivity contribution in [1.82, 2.24) is 25.8 Å². The number of amides is 3. The number of carbonyl (C=O) groups is 3. The molecule has 3 aromatic carbocycles. The minimum absolute atomic E-state index is 0.130. The Kier molecular flexibility index (Phi) is 13.1. The van der Waals surface area contributed by atoms with Gasteiger partial charge in [0.15, 0.2) is 11.6 Å². The van der Waals surface area contributed by atoms with E-state index >= 15 is 0 Å². The molecule has 0 spiro atoms. The third kappa shape index (κ3) is 9.72. The van der Waals surface area contributed by atoms with Gasteiger partial charge in [-0.25, -0.2) is 8.78 Å². The molecule has 4 aromatic rings. The van der Waals surface area contributed by atoms with E-state index in [2.05, 4.69) is 30.7 Å². The second-order valence-corrected chi connectivity index (χ2v) is 14.6. The van der Waals surface area contributed by atoms with Gasteiger partial charge in [0.1, 0.15) is 12.1 Å². The van der Waals surface area contributed by atoms with Gasteiger partial charge in [-0.1, -0.05) is 41.4 Å². The summed E-state index contributed by atoms with van der Waals surface area (Å²) in [6.45, 7) is 4.47. The quantitative estimate of drug-likeness (QED) is 0.134. The molecule has 1 unspecified atom stereocenters. The molecule has 284 valence electrons. The summed E-state index contributed by atoms with van der Waals surface area (Å²) in [5.41, 5.74) is 9.65. The van der Waals surface area contributed by atoms with Crippen molar-refractivity contribution in [2.24, 2.45) is 5.73 Å². The van der Waals surface area contributed by atoms with Crippen LogP contribution in [0.4, 0.5) is 14.5 Å². The van der Waals surface area contributed by atoms with Gasteiger partial charge in [-0.05, 0) is 91.2 Å². The Morgan fingerprint density at radius 3 is 2.26 bits per heavy atom. The first kappa shape index (κ1) is 39.1. The maximum absolute atomic E-state index is 14.3. The monoisotopic (exact) mass is 777 g/mol. The van der Waals surface area contributed by atoms with Gasteiger partial charge >= 0.3 is 0 Å². The molecule has 0 bridgehead atoms. The molecule has 1 fully saturated rings. The van der Waals surface area contributed by atoms with Crippen molar-refractivity contribution in [3.05, 3.63) is 129 Å². The third-order valence-corrected chi connectivity index (χ3v) is 10.6. The summed E-state index contributed by atoms with van der Waals surface area (Å²) >= 11 is 13.2. The van der Waals surface area contributed by atoms with Crippen LogP contribution in [-0.4, -0.2) is 79.0 Å². The number of fused-ring (bicyclic) bond motifs is 1. The predicted molar refractivity (Wildman–Crippen MR) is 206 cm³/mol. The second kappa shape index (κ2) is 18.1. The minimum Gasteiger partial charge on any atom is -0.366 e. The number of nitrogens with two attached hydrogens (primary N) is 1. The number of hydrogen-bond donors (Lipinski definition) is 4. The lowest BCUT2D eigenvalue weighted by molar-refractivity contribution is -0.129. The van der Waals surface area contributed by atoms with Crippen molar-refractivity contribution in [2.75, 3.05) is 44.2 Å². The molecule has 1 saturated heterocycles. The number of nitrogens with zero attached hydrogens (tertiary/aromatic N) is 3. The van der Waals surface area contributed by atoms with Crippen LogP contribution in [0.5, 0.6) is 0 Å². The number of halogens is 4. The molecule has 0 saturated carbocycles. The maximum atomic E-state index is 14.3. The SMILES string of the molecule is NCCNC(=O)[C@H](Cc1ccncc1)NC(=O)[C@H](Cc1ccc(F)c(F)c1)NC(=O)c1ccc2c(c1)N(Cc1c(Cl)cccc1Cl)CC2CN1CCCC1.